The van der Waals surface area contributed by atoms with Crippen LogP contribution in [0, 0.1) is 0 Å². The van der Waals surface area contributed by atoms with Gasteiger partial charge >= 0.3 is 0 Å². The number of ether oxygens (including phenoxy) is 1. The monoisotopic (exact) mass is 365 g/mol. The van der Waals surface area contributed by atoms with Gasteiger partial charge in [-0.25, -0.2) is 0 Å². The predicted molar refractivity (Wildman–Crippen MR) is 105 cm³/mol. The van der Waals surface area contributed by atoms with Gasteiger partial charge in [0, 0.05) is 48.5 Å². The fourth-order valence-electron chi connectivity index (χ4n) is 2.98. The van der Waals surface area contributed by atoms with Gasteiger partial charge < -0.3 is 15.0 Å². The molecule has 1 aliphatic heterocycles. The molecule has 0 aromatic heterocycles. The summed E-state index contributed by atoms with van der Waals surface area (Å²) in [4.78, 5) is 6.98. The van der Waals surface area contributed by atoms with E-state index >= 15 is 0 Å². The van der Waals surface area contributed by atoms with Crippen LogP contribution in [-0.4, -0.2) is 59.7 Å². The first-order chi connectivity index (χ1) is 12.2. The summed E-state index contributed by atoms with van der Waals surface area (Å²) < 4.78 is 17.9. The maximum atomic E-state index is 12.2. The summed E-state index contributed by atoms with van der Waals surface area (Å²) in [6.07, 6.45) is 2.46. The number of likely N-dealkylation sites (tertiary alicyclic amines) is 1. The van der Waals surface area contributed by atoms with Gasteiger partial charge in [-0.3, -0.25) is 9.20 Å². The lowest BCUT2D eigenvalue weighted by Crippen LogP contribution is -2.47. The Morgan fingerprint density at radius 2 is 2.00 bits per heavy atom. The van der Waals surface area contributed by atoms with Crippen LogP contribution >= 0.6 is 0 Å². The van der Waals surface area contributed by atoms with E-state index in [-0.39, 0.29) is 0 Å². The van der Waals surface area contributed by atoms with Crippen molar-refractivity contribution >= 4 is 16.8 Å². The number of hydrogen-bond donors (Lipinski definition) is 1. The number of rotatable bonds is 8. The van der Waals surface area contributed by atoms with Crippen LogP contribution in [0.2, 0.25) is 0 Å². The first-order valence-corrected chi connectivity index (χ1v) is 10.8. The highest BCUT2D eigenvalue weighted by Crippen LogP contribution is 2.13. The number of nitrogens with one attached hydrogen (secondary N) is 1. The smallest absolute Gasteiger partial charge is 0.193 e. The molecule has 5 nitrogen and oxygen atoms in total. The van der Waals surface area contributed by atoms with Crippen LogP contribution < -0.4 is 5.32 Å². The number of aliphatic imine (C=N–C) groups is 1. The largest absolute Gasteiger partial charge is 0.378 e. The van der Waals surface area contributed by atoms with Crippen LogP contribution in [0.1, 0.15) is 32.3 Å². The van der Waals surface area contributed by atoms with E-state index in [1.807, 2.05) is 37.3 Å². The first kappa shape index (κ1) is 19.9. The molecule has 1 fully saturated rings. The van der Waals surface area contributed by atoms with Crippen molar-refractivity contribution in [1.82, 2.24) is 10.2 Å². The third-order valence-electron chi connectivity index (χ3n) is 4.23. The van der Waals surface area contributed by atoms with Crippen LogP contribution in [0.25, 0.3) is 0 Å². The molecule has 1 N–H and O–H groups in total. The van der Waals surface area contributed by atoms with Gasteiger partial charge in [-0.15, -0.1) is 0 Å². The van der Waals surface area contributed by atoms with Gasteiger partial charge in [-0.05, 0) is 32.3 Å². The van der Waals surface area contributed by atoms with Crippen molar-refractivity contribution in [2.75, 3.05) is 38.5 Å². The summed E-state index contributed by atoms with van der Waals surface area (Å²) in [7, 11) is -0.878. The van der Waals surface area contributed by atoms with Gasteiger partial charge in [0.15, 0.2) is 5.96 Å². The van der Waals surface area contributed by atoms with Crippen LogP contribution in [0.3, 0.4) is 0 Å². The number of piperidine rings is 1. The molecule has 1 aliphatic rings. The third-order valence-corrected chi connectivity index (χ3v) is 5.52. The van der Waals surface area contributed by atoms with Crippen molar-refractivity contribution in [3.05, 3.63) is 35.9 Å². The van der Waals surface area contributed by atoms with E-state index in [0.717, 1.165) is 50.6 Å². The Morgan fingerprint density at radius 1 is 1.28 bits per heavy atom. The molecule has 0 amide bonds. The fraction of sp³-hybridized carbons (Fsp3) is 0.632. The van der Waals surface area contributed by atoms with Crippen LogP contribution in [-0.2, 0) is 21.3 Å². The lowest BCUT2D eigenvalue weighted by Gasteiger charge is -2.34. The van der Waals surface area contributed by atoms with Crippen molar-refractivity contribution in [3.63, 3.8) is 0 Å². The standard InChI is InChI=1S/C19H31N3O2S/c1-3-20-19(22-13-10-18(11-14-22)24-4-2)21-12-15-25(23)16-17-8-6-5-7-9-17/h5-9,18H,3-4,10-16H2,1-2H3,(H,20,21). The van der Waals surface area contributed by atoms with E-state index in [1.54, 1.807) is 0 Å². The van der Waals surface area contributed by atoms with Crippen molar-refractivity contribution in [2.24, 2.45) is 4.99 Å². The Bertz CT molecular complexity index is 543. The molecule has 2 rings (SSSR count). The minimum atomic E-state index is -0.878. The topological polar surface area (TPSA) is 53.9 Å². The molecule has 140 valence electrons. The summed E-state index contributed by atoms with van der Waals surface area (Å²) >= 11 is 0. The SMILES string of the molecule is CCNC(=NCCS(=O)Cc1ccccc1)N1CCC(OCC)CC1. The summed E-state index contributed by atoms with van der Waals surface area (Å²) in [5, 5.41) is 3.36. The number of guanidine groups is 1. The molecule has 1 atom stereocenters. The highest BCUT2D eigenvalue weighted by Gasteiger charge is 2.21. The van der Waals surface area contributed by atoms with Gasteiger partial charge in [0.05, 0.1) is 12.6 Å². The second kappa shape index (κ2) is 11.3. The zero-order chi connectivity index (χ0) is 17.9. The molecule has 6 heteroatoms. The minimum absolute atomic E-state index is 0.377. The Morgan fingerprint density at radius 3 is 2.64 bits per heavy atom. The fourth-order valence-corrected chi connectivity index (χ4v) is 3.98. The summed E-state index contributed by atoms with van der Waals surface area (Å²) in [5.41, 5.74) is 1.12. The van der Waals surface area contributed by atoms with Gasteiger partial charge in [0.2, 0.25) is 0 Å². The Kier molecular flexibility index (Phi) is 8.97. The Balaban J connectivity index is 1.80. The van der Waals surface area contributed by atoms with E-state index in [1.165, 1.54) is 0 Å². The molecule has 0 bridgehead atoms. The number of nitrogens with zero attached hydrogens (tertiary/aromatic N) is 2. The maximum Gasteiger partial charge on any atom is 0.193 e. The number of hydrogen-bond acceptors (Lipinski definition) is 3. The molecule has 1 unspecified atom stereocenters. The summed E-state index contributed by atoms with van der Waals surface area (Å²) in [5.74, 6) is 2.14. The molecule has 0 aliphatic carbocycles. The third kappa shape index (κ3) is 7.16. The molecular formula is C19H31N3O2S. The summed E-state index contributed by atoms with van der Waals surface area (Å²) in [6.45, 7) is 8.27. The molecule has 0 spiro atoms. The van der Waals surface area contributed by atoms with E-state index in [9.17, 15) is 4.21 Å². The zero-order valence-electron chi connectivity index (χ0n) is 15.4. The molecule has 1 aromatic rings. The second-order valence-corrected chi connectivity index (χ2v) is 7.73. The molecule has 1 heterocycles. The lowest BCUT2D eigenvalue weighted by molar-refractivity contribution is 0.0264. The van der Waals surface area contributed by atoms with Crippen molar-refractivity contribution in [2.45, 2.75) is 38.5 Å². The summed E-state index contributed by atoms with van der Waals surface area (Å²) in [6, 6.07) is 10.00. The minimum Gasteiger partial charge on any atom is -0.378 e. The van der Waals surface area contributed by atoms with Gasteiger partial charge in [0.1, 0.15) is 0 Å². The van der Waals surface area contributed by atoms with Crippen molar-refractivity contribution < 1.29 is 8.95 Å². The van der Waals surface area contributed by atoms with Crippen LogP contribution in [0.15, 0.2) is 35.3 Å². The maximum absolute atomic E-state index is 12.2. The number of benzene rings is 1. The van der Waals surface area contributed by atoms with Crippen molar-refractivity contribution in [1.29, 1.82) is 0 Å². The van der Waals surface area contributed by atoms with Crippen molar-refractivity contribution in [3.8, 4) is 0 Å². The molecule has 0 saturated carbocycles. The molecule has 0 radical (unpaired) electrons. The first-order valence-electron chi connectivity index (χ1n) is 9.26. The molecule has 1 saturated heterocycles. The van der Waals surface area contributed by atoms with Gasteiger partial charge in [-0.1, -0.05) is 30.3 Å². The quantitative estimate of drug-likeness (QED) is 0.568. The molecule has 25 heavy (non-hydrogen) atoms. The zero-order valence-corrected chi connectivity index (χ0v) is 16.3. The van der Waals surface area contributed by atoms with E-state index in [4.69, 9.17) is 4.74 Å². The second-order valence-electron chi connectivity index (χ2n) is 6.15. The van der Waals surface area contributed by atoms with E-state index < -0.39 is 10.8 Å². The highest BCUT2D eigenvalue weighted by molar-refractivity contribution is 7.84. The van der Waals surface area contributed by atoms with E-state index in [0.29, 0.717) is 24.2 Å². The average Bonchev–Trinajstić information content (AvgIpc) is 2.63. The highest BCUT2D eigenvalue weighted by atomic mass is 32.2. The predicted octanol–water partition coefficient (Wildman–Crippen LogP) is 2.40. The normalized spacial score (nSPS) is 17.5. The van der Waals surface area contributed by atoms with Crippen LogP contribution in [0.4, 0.5) is 0 Å². The average molecular weight is 366 g/mol. The van der Waals surface area contributed by atoms with Gasteiger partial charge in [-0.2, -0.15) is 0 Å². The Hall–Kier alpha value is -1.40. The Labute approximate surface area is 154 Å². The molecule has 1 aromatic carbocycles. The van der Waals surface area contributed by atoms with E-state index in [2.05, 4.69) is 22.1 Å². The van der Waals surface area contributed by atoms with Gasteiger partial charge in [0.25, 0.3) is 0 Å². The molecular weight excluding hydrogens is 334 g/mol. The lowest BCUT2D eigenvalue weighted by atomic mass is 10.1. The van der Waals surface area contributed by atoms with Crippen LogP contribution in [0.5, 0.6) is 0 Å².